The van der Waals surface area contributed by atoms with Gasteiger partial charge in [0.2, 0.25) is 0 Å². The lowest BCUT2D eigenvalue weighted by Gasteiger charge is -2.12. The van der Waals surface area contributed by atoms with Crippen LogP contribution >= 0.6 is 0 Å². The molecule has 0 aliphatic carbocycles. The van der Waals surface area contributed by atoms with Gasteiger partial charge in [0.1, 0.15) is 17.4 Å². The molecule has 1 heterocycles. The highest BCUT2D eigenvalue weighted by molar-refractivity contribution is 6.10. The first-order chi connectivity index (χ1) is 13.2. The number of benzene rings is 2. The van der Waals surface area contributed by atoms with Crippen molar-refractivity contribution in [3.63, 3.8) is 0 Å². The van der Waals surface area contributed by atoms with Crippen molar-refractivity contribution in [2.45, 2.75) is 13.3 Å². The van der Waals surface area contributed by atoms with Crippen LogP contribution in [-0.4, -0.2) is 25.7 Å². The molecule has 6 heteroatoms. The number of carbonyl (C=O) groups excluding carboxylic acids is 1. The summed E-state index contributed by atoms with van der Waals surface area (Å²) in [5.74, 6) is 1.19. The number of nitriles is 1. The normalized spacial score (nSPS) is 13.3. The van der Waals surface area contributed by atoms with E-state index < -0.39 is 5.91 Å². The van der Waals surface area contributed by atoms with Gasteiger partial charge in [-0.3, -0.25) is 4.79 Å². The van der Waals surface area contributed by atoms with Gasteiger partial charge in [-0.2, -0.15) is 5.26 Å². The first-order valence-corrected chi connectivity index (χ1v) is 8.76. The van der Waals surface area contributed by atoms with Crippen LogP contribution in [0.5, 0.6) is 17.2 Å². The smallest absolute Gasteiger partial charge is 0.266 e. The highest BCUT2D eigenvalue weighted by Crippen LogP contribution is 2.34. The fourth-order valence-electron chi connectivity index (χ4n) is 2.67. The molecule has 0 fully saturated rings. The molecule has 0 spiro atoms. The molecule has 0 aromatic heterocycles. The highest BCUT2D eigenvalue weighted by Gasteiger charge is 2.17. The lowest BCUT2D eigenvalue weighted by Crippen LogP contribution is -2.14. The maximum Gasteiger partial charge on any atom is 0.266 e. The predicted molar refractivity (Wildman–Crippen MR) is 102 cm³/mol. The molecule has 138 valence electrons. The molecule has 1 aliphatic heterocycles. The third kappa shape index (κ3) is 4.39. The Labute approximate surface area is 158 Å². The monoisotopic (exact) mass is 364 g/mol. The van der Waals surface area contributed by atoms with Crippen LogP contribution in [0.2, 0.25) is 0 Å². The van der Waals surface area contributed by atoms with Crippen molar-refractivity contribution in [3.8, 4) is 23.3 Å². The molecule has 0 saturated heterocycles. The van der Waals surface area contributed by atoms with Crippen molar-refractivity contribution in [2.75, 3.05) is 25.1 Å². The van der Waals surface area contributed by atoms with Crippen molar-refractivity contribution in [1.29, 1.82) is 5.26 Å². The maximum absolute atomic E-state index is 12.6. The number of amides is 1. The molecule has 0 radical (unpaired) electrons. The molecule has 0 bridgehead atoms. The van der Waals surface area contributed by atoms with Crippen LogP contribution in [0.25, 0.3) is 6.08 Å². The van der Waals surface area contributed by atoms with Gasteiger partial charge in [0.05, 0.1) is 25.5 Å². The van der Waals surface area contributed by atoms with E-state index in [0.29, 0.717) is 48.3 Å². The Morgan fingerprint density at radius 2 is 2.04 bits per heavy atom. The van der Waals surface area contributed by atoms with Crippen molar-refractivity contribution in [3.05, 3.63) is 53.6 Å². The van der Waals surface area contributed by atoms with E-state index >= 15 is 0 Å². The fourth-order valence-corrected chi connectivity index (χ4v) is 2.67. The van der Waals surface area contributed by atoms with Gasteiger partial charge in [0.25, 0.3) is 5.91 Å². The number of hydrogen-bond acceptors (Lipinski definition) is 5. The van der Waals surface area contributed by atoms with E-state index in [4.69, 9.17) is 14.2 Å². The van der Waals surface area contributed by atoms with Gasteiger partial charge in [-0.25, -0.2) is 0 Å². The number of carbonyl (C=O) groups is 1. The van der Waals surface area contributed by atoms with E-state index in [-0.39, 0.29) is 5.57 Å². The average molecular weight is 364 g/mol. The number of para-hydroxylation sites is 3. The van der Waals surface area contributed by atoms with E-state index in [1.165, 1.54) is 6.08 Å². The summed E-state index contributed by atoms with van der Waals surface area (Å²) in [5, 5.41) is 12.2. The second kappa shape index (κ2) is 8.77. The number of rotatable bonds is 5. The van der Waals surface area contributed by atoms with Crippen LogP contribution in [0.3, 0.4) is 0 Å². The Kier molecular flexibility index (Phi) is 5.95. The second-order valence-electron chi connectivity index (χ2n) is 5.78. The lowest BCUT2D eigenvalue weighted by atomic mass is 10.1. The van der Waals surface area contributed by atoms with Gasteiger partial charge >= 0.3 is 0 Å². The third-order valence-corrected chi connectivity index (χ3v) is 3.90. The molecule has 3 rings (SSSR count). The topological polar surface area (TPSA) is 80.6 Å². The molecule has 1 N–H and O–H groups in total. The van der Waals surface area contributed by atoms with Crippen molar-refractivity contribution < 1.29 is 19.0 Å². The Balaban J connectivity index is 1.88. The summed E-state index contributed by atoms with van der Waals surface area (Å²) in [6, 6.07) is 14.4. The molecule has 0 atom stereocenters. The summed E-state index contributed by atoms with van der Waals surface area (Å²) in [5.41, 5.74) is 1.10. The SMILES string of the molecule is CCOc1ccccc1NC(=O)/C(C#N)=C\c1cccc2c1OCCCO2. The van der Waals surface area contributed by atoms with Gasteiger partial charge in [0, 0.05) is 12.0 Å². The zero-order valence-corrected chi connectivity index (χ0v) is 15.0. The Hall–Kier alpha value is -3.46. The Morgan fingerprint density at radius 3 is 2.85 bits per heavy atom. The van der Waals surface area contributed by atoms with Crippen molar-refractivity contribution >= 4 is 17.7 Å². The zero-order chi connectivity index (χ0) is 19.1. The van der Waals surface area contributed by atoms with Crippen LogP contribution in [-0.2, 0) is 4.79 Å². The van der Waals surface area contributed by atoms with Crippen molar-refractivity contribution in [2.24, 2.45) is 0 Å². The molecule has 1 amide bonds. The zero-order valence-electron chi connectivity index (χ0n) is 15.0. The lowest BCUT2D eigenvalue weighted by molar-refractivity contribution is -0.112. The van der Waals surface area contributed by atoms with Crippen LogP contribution < -0.4 is 19.5 Å². The Bertz CT molecular complexity index is 899. The third-order valence-electron chi connectivity index (χ3n) is 3.90. The predicted octanol–water partition coefficient (Wildman–Crippen LogP) is 3.79. The summed E-state index contributed by atoms with van der Waals surface area (Å²) in [6.45, 7) is 3.43. The summed E-state index contributed by atoms with van der Waals surface area (Å²) in [4.78, 5) is 12.6. The van der Waals surface area contributed by atoms with Gasteiger partial charge in [-0.15, -0.1) is 0 Å². The van der Waals surface area contributed by atoms with E-state index in [2.05, 4.69) is 5.32 Å². The molecule has 1 aliphatic rings. The number of ether oxygens (including phenoxy) is 3. The molecule has 0 unspecified atom stereocenters. The number of anilines is 1. The Morgan fingerprint density at radius 1 is 1.22 bits per heavy atom. The molecule has 6 nitrogen and oxygen atoms in total. The summed E-state index contributed by atoms with van der Waals surface area (Å²) in [7, 11) is 0. The first-order valence-electron chi connectivity index (χ1n) is 8.76. The fraction of sp³-hybridized carbons (Fsp3) is 0.238. The van der Waals surface area contributed by atoms with Crippen molar-refractivity contribution in [1.82, 2.24) is 0 Å². The van der Waals surface area contributed by atoms with E-state index in [1.54, 1.807) is 30.3 Å². The minimum Gasteiger partial charge on any atom is -0.492 e. The average Bonchev–Trinajstić information content (AvgIpc) is 2.94. The van der Waals surface area contributed by atoms with E-state index in [9.17, 15) is 10.1 Å². The molecule has 2 aromatic rings. The highest BCUT2D eigenvalue weighted by atomic mass is 16.5. The molecular weight excluding hydrogens is 344 g/mol. The number of nitrogens with zero attached hydrogens (tertiary/aromatic N) is 1. The largest absolute Gasteiger partial charge is 0.492 e. The summed E-state index contributed by atoms with van der Waals surface area (Å²) >= 11 is 0. The van der Waals surface area contributed by atoms with Crippen LogP contribution in [0, 0.1) is 11.3 Å². The molecule has 27 heavy (non-hydrogen) atoms. The molecule has 2 aromatic carbocycles. The van der Waals surface area contributed by atoms with Crippen LogP contribution in [0.15, 0.2) is 48.0 Å². The number of hydrogen-bond donors (Lipinski definition) is 1. The quantitative estimate of drug-likeness (QED) is 0.645. The van der Waals surface area contributed by atoms with E-state index in [0.717, 1.165) is 6.42 Å². The summed E-state index contributed by atoms with van der Waals surface area (Å²) in [6.07, 6.45) is 2.28. The minimum absolute atomic E-state index is 0.0393. The van der Waals surface area contributed by atoms with Gasteiger partial charge in [0.15, 0.2) is 11.5 Å². The van der Waals surface area contributed by atoms with Gasteiger partial charge in [-0.1, -0.05) is 24.3 Å². The number of nitrogens with one attached hydrogen (secondary N) is 1. The van der Waals surface area contributed by atoms with Gasteiger partial charge in [-0.05, 0) is 31.2 Å². The van der Waals surface area contributed by atoms with Crippen LogP contribution in [0.4, 0.5) is 5.69 Å². The second-order valence-corrected chi connectivity index (χ2v) is 5.78. The molecule has 0 saturated carbocycles. The first kappa shape index (κ1) is 18.3. The number of fused-ring (bicyclic) bond motifs is 1. The van der Waals surface area contributed by atoms with E-state index in [1.807, 2.05) is 25.1 Å². The van der Waals surface area contributed by atoms with Crippen LogP contribution in [0.1, 0.15) is 18.9 Å². The molecular formula is C21H20N2O4. The minimum atomic E-state index is -0.517. The maximum atomic E-state index is 12.6. The summed E-state index contributed by atoms with van der Waals surface area (Å²) < 4.78 is 16.9. The standard InChI is InChI=1S/C21H20N2O4/c1-2-25-18-9-4-3-8-17(18)23-21(24)16(14-22)13-15-7-5-10-19-20(15)27-12-6-11-26-19/h3-5,7-10,13H,2,6,11-12H2,1H3,(H,23,24)/b16-13-. The van der Waals surface area contributed by atoms with Gasteiger partial charge < -0.3 is 19.5 Å².